The minimum absolute atomic E-state index is 0.258. The Labute approximate surface area is 107 Å². The van der Waals surface area contributed by atoms with Crippen LogP contribution in [0.15, 0.2) is 30.9 Å². The maximum absolute atomic E-state index is 5.89. The van der Waals surface area contributed by atoms with Gasteiger partial charge in [0.1, 0.15) is 5.82 Å². The van der Waals surface area contributed by atoms with Gasteiger partial charge in [0.15, 0.2) is 0 Å². The van der Waals surface area contributed by atoms with Crippen molar-refractivity contribution in [1.29, 1.82) is 0 Å². The van der Waals surface area contributed by atoms with Gasteiger partial charge in [-0.05, 0) is 26.0 Å². The molecule has 2 aromatic rings. The molecule has 2 N–H and O–H groups in total. The number of nitrogens with zero attached hydrogens (tertiary/aromatic N) is 3. The van der Waals surface area contributed by atoms with Crippen LogP contribution in [0.25, 0.3) is 11.3 Å². The van der Waals surface area contributed by atoms with Gasteiger partial charge in [-0.3, -0.25) is 0 Å². The molecule has 0 aromatic carbocycles. The smallest absolute Gasteiger partial charge is 0.132 e. The predicted octanol–water partition coefficient (Wildman–Crippen LogP) is 1.95. The summed E-state index contributed by atoms with van der Waals surface area (Å²) in [5.74, 6) is 0.509. The van der Waals surface area contributed by atoms with E-state index < -0.39 is 0 Å². The summed E-state index contributed by atoms with van der Waals surface area (Å²) in [4.78, 5) is 8.28. The normalized spacial score (nSPS) is 11.7. The maximum Gasteiger partial charge on any atom is 0.132 e. The summed E-state index contributed by atoms with van der Waals surface area (Å²) in [7, 11) is 1.70. The zero-order chi connectivity index (χ0) is 13.2. The summed E-state index contributed by atoms with van der Waals surface area (Å²) in [6.07, 6.45) is 5.25. The van der Waals surface area contributed by atoms with Crippen molar-refractivity contribution >= 4 is 5.82 Å². The van der Waals surface area contributed by atoms with Gasteiger partial charge in [-0.2, -0.15) is 0 Å². The minimum atomic E-state index is -0.258. The highest BCUT2D eigenvalue weighted by Crippen LogP contribution is 2.25. The summed E-state index contributed by atoms with van der Waals surface area (Å²) in [6.45, 7) is 4.76. The van der Waals surface area contributed by atoms with Gasteiger partial charge in [0.25, 0.3) is 0 Å². The van der Waals surface area contributed by atoms with Crippen molar-refractivity contribution in [2.75, 3.05) is 12.8 Å². The topological polar surface area (TPSA) is 66.0 Å². The van der Waals surface area contributed by atoms with E-state index >= 15 is 0 Å². The Morgan fingerprint density at radius 3 is 2.89 bits per heavy atom. The van der Waals surface area contributed by atoms with Gasteiger partial charge in [0.2, 0.25) is 0 Å². The van der Waals surface area contributed by atoms with Crippen molar-refractivity contribution in [3.05, 3.63) is 30.9 Å². The van der Waals surface area contributed by atoms with E-state index in [-0.39, 0.29) is 5.60 Å². The Morgan fingerprint density at radius 2 is 2.22 bits per heavy atom. The highest BCUT2D eigenvalue weighted by atomic mass is 16.5. The number of methoxy groups -OCH3 is 1. The van der Waals surface area contributed by atoms with Crippen LogP contribution < -0.4 is 5.73 Å². The van der Waals surface area contributed by atoms with Crippen LogP contribution in [-0.2, 0) is 11.3 Å². The van der Waals surface area contributed by atoms with Crippen molar-refractivity contribution in [3.63, 3.8) is 0 Å². The SMILES string of the molecule is COC(C)(C)Cn1cncc1-c1cccnc1N. The van der Waals surface area contributed by atoms with Crippen LogP contribution in [0.2, 0.25) is 0 Å². The Balaban J connectivity index is 2.37. The zero-order valence-electron chi connectivity index (χ0n) is 10.9. The van der Waals surface area contributed by atoms with Gasteiger partial charge >= 0.3 is 0 Å². The molecule has 0 atom stereocenters. The van der Waals surface area contributed by atoms with Crippen LogP contribution in [0.5, 0.6) is 0 Å². The fraction of sp³-hybridized carbons (Fsp3) is 0.385. The first-order valence-electron chi connectivity index (χ1n) is 5.79. The summed E-state index contributed by atoms with van der Waals surface area (Å²) < 4.78 is 7.46. The fourth-order valence-electron chi connectivity index (χ4n) is 1.78. The first-order valence-corrected chi connectivity index (χ1v) is 5.79. The van der Waals surface area contributed by atoms with E-state index in [2.05, 4.69) is 9.97 Å². The van der Waals surface area contributed by atoms with E-state index in [1.807, 2.05) is 30.5 Å². The molecule has 0 aliphatic rings. The highest BCUT2D eigenvalue weighted by Gasteiger charge is 2.19. The Morgan fingerprint density at radius 1 is 1.44 bits per heavy atom. The van der Waals surface area contributed by atoms with Gasteiger partial charge in [-0.1, -0.05) is 0 Å². The summed E-state index contributed by atoms with van der Waals surface area (Å²) in [6, 6.07) is 3.81. The molecule has 96 valence electrons. The number of rotatable bonds is 4. The molecular formula is C13H18N4O. The number of ether oxygens (including phenoxy) is 1. The van der Waals surface area contributed by atoms with Crippen molar-refractivity contribution in [2.45, 2.75) is 26.0 Å². The van der Waals surface area contributed by atoms with Crippen molar-refractivity contribution in [3.8, 4) is 11.3 Å². The molecule has 0 unspecified atom stereocenters. The molecule has 5 heteroatoms. The first kappa shape index (κ1) is 12.6. The third-order valence-corrected chi connectivity index (χ3v) is 2.93. The van der Waals surface area contributed by atoms with Crippen LogP contribution in [-0.4, -0.2) is 27.2 Å². The molecule has 5 nitrogen and oxygen atoms in total. The molecule has 0 spiro atoms. The van der Waals surface area contributed by atoms with E-state index in [0.717, 1.165) is 11.3 Å². The number of anilines is 1. The van der Waals surface area contributed by atoms with E-state index in [9.17, 15) is 0 Å². The number of imidazole rings is 1. The van der Waals surface area contributed by atoms with Crippen LogP contribution in [0, 0.1) is 0 Å². The lowest BCUT2D eigenvalue weighted by Crippen LogP contribution is -2.29. The van der Waals surface area contributed by atoms with Crippen LogP contribution >= 0.6 is 0 Å². The highest BCUT2D eigenvalue weighted by molar-refractivity contribution is 5.70. The average Bonchev–Trinajstić information content (AvgIpc) is 2.77. The monoisotopic (exact) mass is 246 g/mol. The molecule has 0 aliphatic heterocycles. The van der Waals surface area contributed by atoms with E-state index in [0.29, 0.717) is 12.4 Å². The van der Waals surface area contributed by atoms with Gasteiger partial charge in [0.05, 0.1) is 30.4 Å². The Kier molecular flexibility index (Phi) is 3.34. The summed E-state index contributed by atoms with van der Waals surface area (Å²) >= 11 is 0. The molecule has 2 heterocycles. The molecule has 2 rings (SSSR count). The number of hydrogen-bond donors (Lipinski definition) is 1. The quantitative estimate of drug-likeness (QED) is 0.895. The molecule has 18 heavy (non-hydrogen) atoms. The van der Waals surface area contributed by atoms with E-state index in [1.54, 1.807) is 25.8 Å². The minimum Gasteiger partial charge on any atom is -0.383 e. The van der Waals surface area contributed by atoms with Crippen molar-refractivity contribution in [1.82, 2.24) is 14.5 Å². The molecule has 0 fully saturated rings. The molecule has 0 radical (unpaired) electrons. The van der Waals surface area contributed by atoms with Crippen molar-refractivity contribution in [2.24, 2.45) is 0 Å². The number of pyridine rings is 1. The second kappa shape index (κ2) is 4.78. The molecule has 0 saturated carbocycles. The number of nitrogen functional groups attached to an aromatic ring is 1. The lowest BCUT2D eigenvalue weighted by molar-refractivity contribution is 0.00848. The molecule has 0 saturated heterocycles. The van der Waals surface area contributed by atoms with Crippen molar-refractivity contribution < 1.29 is 4.74 Å². The Hall–Kier alpha value is -1.88. The lowest BCUT2D eigenvalue weighted by atomic mass is 10.1. The second-order valence-corrected chi connectivity index (χ2v) is 4.81. The molecule has 0 aliphatic carbocycles. The largest absolute Gasteiger partial charge is 0.383 e. The first-order chi connectivity index (χ1) is 8.53. The molecule has 2 aromatic heterocycles. The van der Waals surface area contributed by atoms with Gasteiger partial charge in [-0.25, -0.2) is 9.97 Å². The number of aromatic nitrogens is 3. The maximum atomic E-state index is 5.89. The van der Waals surface area contributed by atoms with E-state index in [4.69, 9.17) is 10.5 Å². The lowest BCUT2D eigenvalue weighted by Gasteiger charge is -2.24. The average molecular weight is 246 g/mol. The zero-order valence-corrected chi connectivity index (χ0v) is 10.9. The third-order valence-electron chi connectivity index (χ3n) is 2.93. The molecule has 0 bridgehead atoms. The van der Waals surface area contributed by atoms with Crippen LogP contribution in [0.4, 0.5) is 5.82 Å². The predicted molar refractivity (Wildman–Crippen MR) is 71.0 cm³/mol. The van der Waals surface area contributed by atoms with Gasteiger partial charge in [0, 0.05) is 18.9 Å². The fourth-order valence-corrected chi connectivity index (χ4v) is 1.78. The third kappa shape index (κ3) is 2.51. The van der Waals surface area contributed by atoms with E-state index in [1.165, 1.54) is 0 Å². The van der Waals surface area contributed by atoms with Crippen LogP contribution in [0.3, 0.4) is 0 Å². The Bertz CT molecular complexity index is 533. The number of hydrogen-bond acceptors (Lipinski definition) is 4. The second-order valence-electron chi connectivity index (χ2n) is 4.81. The molecular weight excluding hydrogens is 228 g/mol. The summed E-state index contributed by atoms with van der Waals surface area (Å²) in [5, 5.41) is 0. The van der Waals surface area contributed by atoms with Gasteiger partial charge in [-0.15, -0.1) is 0 Å². The van der Waals surface area contributed by atoms with Gasteiger partial charge < -0.3 is 15.0 Å². The number of nitrogens with two attached hydrogens (primary N) is 1. The van der Waals surface area contributed by atoms with Crippen LogP contribution in [0.1, 0.15) is 13.8 Å². The molecule has 0 amide bonds. The standard InChI is InChI=1S/C13H18N4O/c1-13(2,18-3)8-17-9-15-7-11(17)10-5-4-6-16-12(10)14/h4-7,9H,8H2,1-3H3,(H2,14,16). The summed E-state index contributed by atoms with van der Waals surface area (Å²) in [5.41, 5.74) is 7.48.